The third-order valence-corrected chi connectivity index (χ3v) is 8.63. The van der Waals surface area contributed by atoms with Crippen LogP contribution in [0.1, 0.15) is 18.1 Å². The highest BCUT2D eigenvalue weighted by molar-refractivity contribution is 7.89. The van der Waals surface area contributed by atoms with E-state index in [4.69, 9.17) is 0 Å². The lowest BCUT2D eigenvalue weighted by atomic mass is 9.82. The topological polar surface area (TPSA) is 119 Å². The molecule has 2 aliphatic rings. The molecule has 2 amide bonds. The Kier molecular flexibility index (Phi) is 6.74. The van der Waals surface area contributed by atoms with Crippen molar-refractivity contribution in [1.82, 2.24) is 14.1 Å². The van der Waals surface area contributed by atoms with Gasteiger partial charge in [0.05, 0.1) is 16.2 Å². The van der Waals surface area contributed by atoms with Gasteiger partial charge in [0.25, 0.3) is 17.6 Å². The van der Waals surface area contributed by atoms with Gasteiger partial charge in [-0.3, -0.25) is 14.4 Å². The fraction of sp³-hybridized carbons (Fsp3) is 0.346. The molecule has 1 fully saturated rings. The van der Waals surface area contributed by atoms with Gasteiger partial charge in [-0.05, 0) is 51.4 Å². The molecule has 1 spiro atoms. The molecule has 196 valence electrons. The quantitative estimate of drug-likeness (QED) is 0.330. The first-order chi connectivity index (χ1) is 17.4. The maximum absolute atomic E-state index is 14.1. The van der Waals surface area contributed by atoms with Crippen LogP contribution in [0.5, 0.6) is 0 Å². The number of aliphatic hydroxyl groups excluding tert-OH is 1. The molecule has 1 saturated heterocycles. The number of amides is 2. The average molecular weight is 527 g/mol. The fourth-order valence-electron chi connectivity index (χ4n) is 4.92. The number of likely N-dealkylation sites (tertiary alicyclic amines) is 1. The van der Waals surface area contributed by atoms with Crippen molar-refractivity contribution in [2.24, 2.45) is 0 Å². The van der Waals surface area contributed by atoms with E-state index in [1.807, 2.05) is 19.0 Å². The van der Waals surface area contributed by atoms with Crippen molar-refractivity contribution in [2.75, 3.05) is 52.7 Å². The summed E-state index contributed by atoms with van der Waals surface area (Å²) in [5.41, 5.74) is -1.05. The van der Waals surface area contributed by atoms with E-state index in [2.05, 4.69) is 0 Å². The van der Waals surface area contributed by atoms with Crippen LogP contribution >= 0.6 is 0 Å². The number of aliphatic hydroxyl groups is 1. The fourth-order valence-corrected chi connectivity index (χ4v) is 5.82. The molecule has 1 atom stereocenters. The van der Waals surface area contributed by atoms with Gasteiger partial charge < -0.3 is 19.8 Å². The molecular formula is C26H30N4O6S. The van der Waals surface area contributed by atoms with Crippen molar-refractivity contribution in [1.29, 1.82) is 0 Å². The molecule has 10 nitrogen and oxygen atoms in total. The second-order valence-corrected chi connectivity index (χ2v) is 11.6. The van der Waals surface area contributed by atoms with Gasteiger partial charge in [0, 0.05) is 44.9 Å². The number of sulfonamides is 1. The van der Waals surface area contributed by atoms with E-state index in [0.717, 1.165) is 4.31 Å². The van der Waals surface area contributed by atoms with Crippen LogP contribution in [0.25, 0.3) is 5.76 Å². The Bertz CT molecular complexity index is 1410. The third kappa shape index (κ3) is 3.85. The summed E-state index contributed by atoms with van der Waals surface area (Å²) in [6, 6.07) is 12.3. The molecule has 0 saturated carbocycles. The molecular weight excluding hydrogens is 496 g/mol. The van der Waals surface area contributed by atoms with Crippen LogP contribution in [0, 0.1) is 0 Å². The highest BCUT2D eigenvalue weighted by atomic mass is 32.2. The smallest absolute Gasteiger partial charge is 0.296 e. The Hall–Kier alpha value is -3.54. The highest BCUT2D eigenvalue weighted by Gasteiger charge is 2.66. The summed E-state index contributed by atoms with van der Waals surface area (Å²) in [6.07, 6.45) is 0. The highest BCUT2D eigenvalue weighted by Crippen LogP contribution is 2.53. The first kappa shape index (κ1) is 26.5. The minimum absolute atomic E-state index is 0.00496. The summed E-state index contributed by atoms with van der Waals surface area (Å²) in [5, 5.41) is 11.5. The van der Waals surface area contributed by atoms with Crippen molar-refractivity contribution < 1.29 is 27.9 Å². The summed E-state index contributed by atoms with van der Waals surface area (Å²) in [5.74, 6) is -2.89. The number of fused-ring (bicyclic) bond motifs is 2. The Morgan fingerprint density at radius 3 is 2.16 bits per heavy atom. The second kappa shape index (κ2) is 9.40. The Labute approximate surface area is 216 Å². The summed E-state index contributed by atoms with van der Waals surface area (Å²) in [7, 11) is 2.71. The number of rotatable bonds is 7. The van der Waals surface area contributed by atoms with E-state index in [1.165, 1.54) is 48.2 Å². The molecule has 0 unspecified atom stereocenters. The number of anilines is 1. The minimum atomic E-state index is -3.72. The maximum atomic E-state index is 14.1. The van der Waals surface area contributed by atoms with Crippen LogP contribution in [0.15, 0.2) is 59.0 Å². The zero-order chi connectivity index (χ0) is 27.3. The predicted molar refractivity (Wildman–Crippen MR) is 138 cm³/mol. The number of hydrogen-bond donors (Lipinski definition) is 1. The molecule has 11 heteroatoms. The van der Waals surface area contributed by atoms with Gasteiger partial charge in [-0.15, -0.1) is 0 Å². The molecule has 0 aliphatic carbocycles. The number of ketones is 1. The van der Waals surface area contributed by atoms with Gasteiger partial charge in [-0.1, -0.05) is 18.2 Å². The van der Waals surface area contributed by atoms with Crippen molar-refractivity contribution in [3.05, 3.63) is 65.2 Å². The maximum Gasteiger partial charge on any atom is 0.296 e. The summed E-state index contributed by atoms with van der Waals surface area (Å²) in [4.78, 5) is 45.6. The van der Waals surface area contributed by atoms with E-state index in [0.29, 0.717) is 24.3 Å². The number of para-hydroxylation sites is 1. The molecule has 1 N–H and O–H groups in total. The van der Waals surface area contributed by atoms with Crippen LogP contribution in [0.4, 0.5) is 5.69 Å². The van der Waals surface area contributed by atoms with Gasteiger partial charge in [0.15, 0.2) is 5.54 Å². The molecule has 2 aromatic rings. The summed E-state index contributed by atoms with van der Waals surface area (Å²) < 4.78 is 26.0. The van der Waals surface area contributed by atoms with Gasteiger partial charge in [0.1, 0.15) is 5.76 Å². The summed E-state index contributed by atoms with van der Waals surface area (Å²) in [6.45, 7) is 2.55. The molecule has 0 bridgehead atoms. The van der Waals surface area contributed by atoms with Gasteiger partial charge in [-0.25, -0.2) is 12.7 Å². The lowest BCUT2D eigenvalue weighted by Gasteiger charge is -2.35. The van der Waals surface area contributed by atoms with Gasteiger partial charge in [-0.2, -0.15) is 0 Å². The molecule has 4 rings (SSSR count). The monoisotopic (exact) mass is 526 g/mol. The minimum Gasteiger partial charge on any atom is -0.507 e. The largest absolute Gasteiger partial charge is 0.507 e. The zero-order valence-corrected chi connectivity index (χ0v) is 22.2. The lowest BCUT2D eigenvalue weighted by molar-refractivity contribution is -0.143. The van der Waals surface area contributed by atoms with E-state index in [-0.39, 0.29) is 22.6 Å². The number of carbonyl (C=O) groups excluding carboxylic acids is 3. The Morgan fingerprint density at radius 2 is 1.59 bits per heavy atom. The van der Waals surface area contributed by atoms with Crippen LogP contribution in [-0.4, -0.2) is 93.1 Å². The SMILES string of the molecule is CCN1C(=O)[C@@]2(C(=C(O)c3ccc(S(=O)(=O)N(C)C)cc3)C(=O)C(=O)N2CCN(C)C)c2ccccc21. The average Bonchev–Trinajstić information content (AvgIpc) is 3.24. The first-order valence-corrected chi connectivity index (χ1v) is 13.2. The van der Waals surface area contributed by atoms with Crippen LogP contribution in [0.2, 0.25) is 0 Å². The van der Waals surface area contributed by atoms with Crippen molar-refractivity contribution in [3.8, 4) is 0 Å². The van der Waals surface area contributed by atoms with E-state index >= 15 is 0 Å². The van der Waals surface area contributed by atoms with E-state index < -0.39 is 38.9 Å². The normalized spacial score (nSPS) is 21.1. The number of Topliss-reactive ketones (excluding diaryl/α,β-unsaturated/α-hetero) is 1. The van der Waals surface area contributed by atoms with Crippen LogP contribution < -0.4 is 4.90 Å². The number of hydrogen-bond acceptors (Lipinski definition) is 7. The van der Waals surface area contributed by atoms with E-state index in [1.54, 1.807) is 31.2 Å². The summed E-state index contributed by atoms with van der Waals surface area (Å²) >= 11 is 0. The molecule has 37 heavy (non-hydrogen) atoms. The molecule has 0 radical (unpaired) electrons. The lowest BCUT2D eigenvalue weighted by Crippen LogP contribution is -2.53. The van der Waals surface area contributed by atoms with Crippen LogP contribution in [-0.2, 0) is 29.9 Å². The Morgan fingerprint density at radius 1 is 0.973 bits per heavy atom. The third-order valence-electron chi connectivity index (χ3n) is 6.80. The zero-order valence-electron chi connectivity index (χ0n) is 21.4. The van der Waals surface area contributed by atoms with Gasteiger partial charge >= 0.3 is 0 Å². The molecule has 2 aromatic carbocycles. The van der Waals surface area contributed by atoms with Crippen molar-refractivity contribution >= 4 is 39.1 Å². The molecule has 2 aliphatic heterocycles. The Balaban J connectivity index is 1.98. The molecule has 2 heterocycles. The number of likely N-dealkylation sites (N-methyl/N-ethyl adjacent to an activating group) is 2. The first-order valence-electron chi connectivity index (χ1n) is 11.8. The second-order valence-electron chi connectivity index (χ2n) is 9.40. The van der Waals surface area contributed by atoms with Crippen molar-refractivity contribution in [2.45, 2.75) is 17.4 Å². The predicted octanol–water partition coefficient (Wildman–Crippen LogP) is 1.44. The van der Waals surface area contributed by atoms with Gasteiger partial charge in [0.2, 0.25) is 10.0 Å². The number of nitrogens with zero attached hydrogens (tertiary/aromatic N) is 4. The van der Waals surface area contributed by atoms with Crippen LogP contribution in [0.3, 0.4) is 0 Å². The standard InChI is InChI=1S/C26H30N4O6S/c1-6-29-20-10-8-7-9-19(20)26(25(29)34)21(23(32)24(33)30(26)16-15-27(2)3)22(31)17-11-13-18(14-12-17)37(35,36)28(4)5/h7-14,31H,6,15-16H2,1-5H3/t26-/m0/s1. The number of carbonyl (C=O) groups is 3. The van der Waals surface area contributed by atoms with E-state index in [9.17, 15) is 27.9 Å². The number of benzene rings is 2. The molecule has 0 aromatic heterocycles. The van der Waals surface area contributed by atoms with Crippen molar-refractivity contribution in [3.63, 3.8) is 0 Å².